The number of para-hydroxylation sites is 1. The van der Waals surface area contributed by atoms with E-state index in [9.17, 15) is 19.2 Å². The van der Waals surface area contributed by atoms with Crippen LogP contribution in [0.25, 0.3) is 6.08 Å². The zero-order valence-electron chi connectivity index (χ0n) is 20.9. The molecule has 1 saturated heterocycles. The molecule has 2 aromatic carbocycles. The van der Waals surface area contributed by atoms with E-state index >= 15 is 0 Å². The van der Waals surface area contributed by atoms with Crippen molar-refractivity contribution >= 4 is 35.6 Å². The summed E-state index contributed by atoms with van der Waals surface area (Å²) in [6.07, 6.45) is 1.49. The summed E-state index contributed by atoms with van der Waals surface area (Å²) in [6, 6.07) is 14.5. The van der Waals surface area contributed by atoms with E-state index in [0.717, 1.165) is 10.5 Å². The third-order valence-electron chi connectivity index (χ3n) is 5.60. The Kier molecular flexibility index (Phi) is 7.76. The van der Waals surface area contributed by atoms with Crippen molar-refractivity contribution in [3.63, 3.8) is 0 Å². The van der Waals surface area contributed by atoms with Gasteiger partial charge in [-0.05, 0) is 54.5 Å². The molecule has 2 heterocycles. The van der Waals surface area contributed by atoms with Gasteiger partial charge in [0.1, 0.15) is 11.5 Å². The summed E-state index contributed by atoms with van der Waals surface area (Å²) in [5, 5.41) is 5.31. The lowest BCUT2D eigenvalue weighted by molar-refractivity contribution is -0.123. The summed E-state index contributed by atoms with van der Waals surface area (Å²) < 4.78 is 20.9. The summed E-state index contributed by atoms with van der Waals surface area (Å²) in [5.41, 5.74) is 2.22. The summed E-state index contributed by atoms with van der Waals surface area (Å²) in [6.45, 7) is 1.49. The normalized spacial score (nSPS) is 13.9. The molecule has 196 valence electrons. The lowest BCUT2D eigenvalue weighted by Gasteiger charge is -2.12. The fourth-order valence-corrected chi connectivity index (χ4v) is 3.65. The highest BCUT2D eigenvalue weighted by Crippen LogP contribution is 2.29. The van der Waals surface area contributed by atoms with E-state index < -0.39 is 17.9 Å². The Balaban J connectivity index is 1.41. The second kappa shape index (κ2) is 11.3. The van der Waals surface area contributed by atoms with Crippen molar-refractivity contribution in [3.8, 4) is 11.5 Å². The number of urea groups is 1. The van der Waals surface area contributed by atoms with E-state index in [1.165, 1.54) is 32.4 Å². The summed E-state index contributed by atoms with van der Waals surface area (Å²) >= 11 is 0. The number of benzene rings is 2. The first-order valence-corrected chi connectivity index (χ1v) is 11.5. The number of ether oxygens (including phenoxy) is 3. The number of aryl methyl sites for hydroxylation is 1. The van der Waals surface area contributed by atoms with Crippen molar-refractivity contribution < 1.29 is 37.8 Å². The first-order chi connectivity index (χ1) is 18.3. The molecule has 11 heteroatoms. The standard InChI is InChI=1S/C27H25N3O8/c1-16-6-4-5-7-19(16)28-24(31)15-37-21-10-8-17(13-23(21)35-2)12-20-25(32)30(27(34)29-20)14-18-9-11-22(38-18)26(33)36-3/h4-13H,14-15H2,1-3H3,(H,28,31)(H,29,34)/b20-12+. The van der Waals surface area contributed by atoms with Crippen LogP contribution in [0.15, 0.2) is 64.7 Å². The van der Waals surface area contributed by atoms with Gasteiger partial charge in [0.2, 0.25) is 5.76 Å². The SMILES string of the molecule is COC(=O)c1ccc(CN2C(=O)N/C(=C/c3ccc(OCC(=O)Nc4ccccc4C)c(OC)c3)C2=O)o1. The van der Waals surface area contributed by atoms with Gasteiger partial charge >= 0.3 is 12.0 Å². The molecule has 2 N–H and O–H groups in total. The molecular formula is C27H25N3O8. The minimum Gasteiger partial charge on any atom is -0.493 e. The number of nitrogens with one attached hydrogen (secondary N) is 2. The van der Waals surface area contributed by atoms with Crippen LogP contribution in [-0.2, 0) is 20.9 Å². The zero-order valence-corrected chi connectivity index (χ0v) is 20.9. The Morgan fingerprint density at radius 2 is 1.84 bits per heavy atom. The Bertz CT molecular complexity index is 1430. The van der Waals surface area contributed by atoms with Gasteiger partial charge in [0.05, 0.1) is 20.8 Å². The average Bonchev–Trinajstić information content (AvgIpc) is 3.49. The van der Waals surface area contributed by atoms with Crippen molar-refractivity contribution in [1.29, 1.82) is 0 Å². The van der Waals surface area contributed by atoms with E-state index in [4.69, 9.17) is 13.9 Å². The second-order valence-electron chi connectivity index (χ2n) is 8.20. The van der Waals surface area contributed by atoms with Gasteiger partial charge in [-0.3, -0.25) is 14.5 Å². The number of carbonyl (C=O) groups is 4. The smallest absolute Gasteiger partial charge is 0.373 e. The lowest BCUT2D eigenvalue weighted by atomic mass is 10.1. The number of hydrogen-bond donors (Lipinski definition) is 2. The number of imide groups is 1. The minimum atomic E-state index is -0.665. The van der Waals surface area contributed by atoms with Crippen molar-refractivity contribution in [3.05, 3.63) is 82.9 Å². The summed E-state index contributed by atoms with van der Waals surface area (Å²) in [4.78, 5) is 50.1. The van der Waals surface area contributed by atoms with Crippen molar-refractivity contribution in [2.24, 2.45) is 0 Å². The molecule has 0 spiro atoms. The van der Waals surface area contributed by atoms with Crippen molar-refractivity contribution in [2.45, 2.75) is 13.5 Å². The third kappa shape index (κ3) is 5.84. The number of methoxy groups -OCH3 is 2. The van der Waals surface area contributed by atoms with Crippen LogP contribution in [0.4, 0.5) is 10.5 Å². The van der Waals surface area contributed by atoms with Gasteiger partial charge in [-0.1, -0.05) is 24.3 Å². The molecule has 38 heavy (non-hydrogen) atoms. The molecule has 1 aliphatic rings. The second-order valence-corrected chi connectivity index (χ2v) is 8.20. The molecular weight excluding hydrogens is 494 g/mol. The Morgan fingerprint density at radius 1 is 1.05 bits per heavy atom. The van der Waals surface area contributed by atoms with E-state index in [2.05, 4.69) is 15.4 Å². The van der Waals surface area contributed by atoms with Gasteiger partial charge in [0.25, 0.3) is 11.8 Å². The first kappa shape index (κ1) is 26.0. The van der Waals surface area contributed by atoms with Gasteiger partial charge in [-0.2, -0.15) is 0 Å². The van der Waals surface area contributed by atoms with Gasteiger partial charge in [-0.15, -0.1) is 0 Å². The molecule has 0 aliphatic carbocycles. The molecule has 0 atom stereocenters. The van der Waals surface area contributed by atoms with Gasteiger partial charge < -0.3 is 29.3 Å². The largest absolute Gasteiger partial charge is 0.493 e. The quantitative estimate of drug-likeness (QED) is 0.249. The minimum absolute atomic E-state index is 0.0348. The van der Waals surface area contributed by atoms with Crippen LogP contribution >= 0.6 is 0 Å². The average molecular weight is 520 g/mol. The number of nitrogens with zero attached hydrogens (tertiary/aromatic N) is 1. The molecule has 3 aromatic rings. The third-order valence-corrected chi connectivity index (χ3v) is 5.60. The van der Waals surface area contributed by atoms with Crippen LogP contribution in [0, 0.1) is 6.92 Å². The number of esters is 1. The molecule has 0 saturated carbocycles. The predicted octanol–water partition coefficient (Wildman–Crippen LogP) is 3.49. The van der Waals surface area contributed by atoms with Crippen LogP contribution in [0.1, 0.15) is 27.4 Å². The number of amides is 4. The van der Waals surface area contributed by atoms with Crippen LogP contribution in [0.5, 0.6) is 11.5 Å². The van der Waals surface area contributed by atoms with E-state index in [-0.39, 0.29) is 36.3 Å². The van der Waals surface area contributed by atoms with Gasteiger partial charge in [-0.25, -0.2) is 9.59 Å². The highest BCUT2D eigenvalue weighted by atomic mass is 16.5. The highest BCUT2D eigenvalue weighted by molar-refractivity contribution is 6.13. The summed E-state index contributed by atoms with van der Waals surface area (Å²) in [7, 11) is 2.67. The molecule has 4 amide bonds. The highest BCUT2D eigenvalue weighted by Gasteiger charge is 2.34. The Hall–Kier alpha value is -5.06. The maximum atomic E-state index is 12.8. The molecule has 4 rings (SSSR count). The fourth-order valence-electron chi connectivity index (χ4n) is 3.65. The number of hydrogen-bond acceptors (Lipinski definition) is 8. The van der Waals surface area contributed by atoms with Gasteiger partial charge in [0.15, 0.2) is 18.1 Å². The monoisotopic (exact) mass is 519 g/mol. The number of furan rings is 1. The van der Waals surface area contributed by atoms with Crippen molar-refractivity contribution in [1.82, 2.24) is 10.2 Å². The molecule has 11 nitrogen and oxygen atoms in total. The van der Waals surface area contributed by atoms with E-state index in [1.54, 1.807) is 24.3 Å². The molecule has 1 fully saturated rings. The maximum absolute atomic E-state index is 12.8. The molecule has 1 aliphatic heterocycles. The Morgan fingerprint density at radius 3 is 2.58 bits per heavy atom. The fraction of sp³-hybridized carbons (Fsp3) is 0.185. The number of carbonyl (C=O) groups excluding carboxylic acids is 4. The zero-order chi connectivity index (χ0) is 27.2. The van der Waals surface area contributed by atoms with Crippen LogP contribution in [0.3, 0.4) is 0 Å². The molecule has 0 bridgehead atoms. The van der Waals surface area contributed by atoms with Crippen LogP contribution < -0.4 is 20.1 Å². The number of anilines is 1. The lowest BCUT2D eigenvalue weighted by Crippen LogP contribution is -2.30. The molecule has 1 aromatic heterocycles. The van der Waals surface area contributed by atoms with Crippen LogP contribution in [-0.4, -0.2) is 49.5 Å². The maximum Gasteiger partial charge on any atom is 0.373 e. The Labute approximate surface area is 218 Å². The topological polar surface area (TPSA) is 136 Å². The first-order valence-electron chi connectivity index (χ1n) is 11.5. The predicted molar refractivity (Wildman–Crippen MR) is 135 cm³/mol. The van der Waals surface area contributed by atoms with Crippen molar-refractivity contribution in [2.75, 3.05) is 26.1 Å². The van der Waals surface area contributed by atoms with Crippen LogP contribution in [0.2, 0.25) is 0 Å². The molecule has 0 unspecified atom stereocenters. The van der Waals surface area contributed by atoms with E-state index in [1.807, 2.05) is 25.1 Å². The molecule has 0 radical (unpaired) electrons. The van der Waals surface area contributed by atoms with E-state index in [0.29, 0.717) is 22.7 Å². The van der Waals surface area contributed by atoms with Gasteiger partial charge in [0, 0.05) is 5.69 Å². The summed E-state index contributed by atoms with van der Waals surface area (Å²) in [5.74, 6) is -0.695. The number of rotatable bonds is 9.